The minimum atomic E-state index is 0.874. The number of ether oxygens (including phenoxy) is 1. The summed E-state index contributed by atoms with van der Waals surface area (Å²) in [6, 6.07) is 0. The Bertz CT molecular complexity index is 132. The number of hydrogen-bond donors (Lipinski definition) is 1. The summed E-state index contributed by atoms with van der Waals surface area (Å²) >= 11 is 0. The summed E-state index contributed by atoms with van der Waals surface area (Å²) < 4.78 is 5.41. The van der Waals surface area contributed by atoms with E-state index in [1.54, 1.807) is 0 Å². The molecule has 0 atom stereocenters. The van der Waals surface area contributed by atoms with E-state index in [9.17, 15) is 0 Å². The largest absolute Gasteiger partial charge is 0.380 e. The molecule has 0 radical (unpaired) electrons. The van der Waals surface area contributed by atoms with Crippen LogP contribution in [-0.2, 0) is 4.74 Å². The van der Waals surface area contributed by atoms with Crippen molar-refractivity contribution in [3.05, 3.63) is 0 Å². The van der Waals surface area contributed by atoms with Gasteiger partial charge in [-0.2, -0.15) is 0 Å². The van der Waals surface area contributed by atoms with Crippen molar-refractivity contribution in [3.63, 3.8) is 0 Å². The van der Waals surface area contributed by atoms with Crippen LogP contribution >= 0.6 is 0 Å². The molecule has 0 aromatic rings. The van der Waals surface area contributed by atoms with Crippen LogP contribution in [0.2, 0.25) is 0 Å². The van der Waals surface area contributed by atoms with E-state index in [1.807, 2.05) is 0 Å². The first-order valence-electron chi connectivity index (χ1n) is 6.72. The molecule has 1 fully saturated rings. The monoisotopic (exact) mass is 213 g/mol. The van der Waals surface area contributed by atoms with E-state index in [0.29, 0.717) is 0 Å². The molecular formula is C13H27NO. The fourth-order valence-electron chi connectivity index (χ4n) is 2.30. The van der Waals surface area contributed by atoms with Crippen LogP contribution in [0.25, 0.3) is 0 Å². The highest BCUT2D eigenvalue weighted by atomic mass is 16.5. The molecule has 0 spiro atoms. The lowest BCUT2D eigenvalue weighted by molar-refractivity contribution is 0.136. The fraction of sp³-hybridized carbons (Fsp3) is 1.00. The van der Waals surface area contributed by atoms with E-state index >= 15 is 0 Å². The second-order valence-electron chi connectivity index (χ2n) is 4.66. The zero-order chi connectivity index (χ0) is 10.8. The van der Waals surface area contributed by atoms with Crippen LogP contribution in [0, 0.1) is 5.92 Å². The molecule has 1 rings (SSSR count). The van der Waals surface area contributed by atoms with Crippen molar-refractivity contribution in [1.82, 2.24) is 5.32 Å². The Hall–Kier alpha value is -0.0800. The van der Waals surface area contributed by atoms with Crippen LogP contribution in [0.15, 0.2) is 0 Å². The SMILES string of the molecule is CCCOCCNCCC1CCCCC1. The number of rotatable bonds is 8. The minimum Gasteiger partial charge on any atom is -0.380 e. The number of nitrogens with one attached hydrogen (secondary N) is 1. The first-order chi connectivity index (χ1) is 7.43. The molecule has 1 aliphatic rings. The van der Waals surface area contributed by atoms with E-state index in [1.165, 1.54) is 45.1 Å². The zero-order valence-electron chi connectivity index (χ0n) is 10.3. The molecule has 1 aliphatic carbocycles. The second kappa shape index (κ2) is 9.17. The van der Waals surface area contributed by atoms with E-state index < -0.39 is 0 Å². The van der Waals surface area contributed by atoms with Gasteiger partial charge < -0.3 is 10.1 Å². The lowest BCUT2D eigenvalue weighted by atomic mass is 9.87. The lowest BCUT2D eigenvalue weighted by Crippen LogP contribution is -2.23. The molecule has 0 aromatic carbocycles. The van der Waals surface area contributed by atoms with Crippen LogP contribution in [0.3, 0.4) is 0 Å². The molecule has 1 saturated carbocycles. The van der Waals surface area contributed by atoms with Gasteiger partial charge in [0.05, 0.1) is 6.61 Å². The van der Waals surface area contributed by atoms with Gasteiger partial charge in [0, 0.05) is 13.2 Å². The van der Waals surface area contributed by atoms with Crippen LogP contribution in [0.5, 0.6) is 0 Å². The third-order valence-electron chi connectivity index (χ3n) is 3.23. The van der Waals surface area contributed by atoms with Crippen molar-refractivity contribution in [1.29, 1.82) is 0 Å². The van der Waals surface area contributed by atoms with E-state index in [0.717, 1.165) is 32.1 Å². The third kappa shape index (κ3) is 6.91. The van der Waals surface area contributed by atoms with Gasteiger partial charge in [-0.25, -0.2) is 0 Å². The van der Waals surface area contributed by atoms with E-state index in [4.69, 9.17) is 4.74 Å². The maximum absolute atomic E-state index is 5.41. The van der Waals surface area contributed by atoms with Gasteiger partial charge in [0.25, 0.3) is 0 Å². The Labute approximate surface area is 94.8 Å². The van der Waals surface area contributed by atoms with Gasteiger partial charge in [-0.15, -0.1) is 0 Å². The van der Waals surface area contributed by atoms with Crippen LogP contribution in [-0.4, -0.2) is 26.3 Å². The average Bonchev–Trinajstić information content (AvgIpc) is 2.29. The lowest BCUT2D eigenvalue weighted by Gasteiger charge is -2.21. The predicted octanol–water partition coefficient (Wildman–Crippen LogP) is 2.97. The van der Waals surface area contributed by atoms with Gasteiger partial charge >= 0.3 is 0 Å². The highest BCUT2D eigenvalue weighted by Gasteiger charge is 2.12. The molecule has 0 bridgehead atoms. The summed E-state index contributed by atoms with van der Waals surface area (Å²) in [5, 5.41) is 3.47. The van der Waals surface area contributed by atoms with Crippen molar-refractivity contribution >= 4 is 0 Å². The molecule has 15 heavy (non-hydrogen) atoms. The van der Waals surface area contributed by atoms with Crippen molar-refractivity contribution in [3.8, 4) is 0 Å². The maximum atomic E-state index is 5.41. The minimum absolute atomic E-state index is 0.874. The molecule has 0 heterocycles. The summed E-state index contributed by atoms with van der Waals surface area (Å²) in [7, 11) is 0. The molecule has 0 aliphatic heterocycles. The molecule has 0 aromatic heterocycles. The first-order valence-corrected chi connectivity index (χ1v) is 6.72. The third-order valence-corrected chi connectivity index (χ3v) is 3.23. The van der Waals surface area contributed by atoms with Crippen molar-refractivity contribution in [2.24, 2.45) is 5.92 Å². The van der Waals surface area contributed by atoms with Gasteiger partial charge in [-0.3, -0.25) is 0 Å². The topological polar surface area (TPSA) is 21.3 Å². The van der Waals surface area contributed by atoms with Gasteiger partial charge in [-0.05, 0) is 25.3 Å². The van der Waals surface area contributed by atoms with Crippen molar-refractivity contribution in [2.45, 2.75) is 51.9 Å². The zero-order valence-corrected chi connectivity index (χ0v) is 10.3. The van der Waals surface area contributed by atoms with E-state index in [-0.39, 0.29) is 0 Å². The Morgan fingerprint density at radius 3 is 2.60 bits per heavy atom. The predicted molar refractivity (Wildman–Crippen MR) is 65.2 cm³/mol. The quantitative estimate of drug-likeness (QED) is 0.626. The van der Waals surface area contributed by atoms with Gasteiger partial charge in [0.2, 0.25) is 0 Å². The molecule has 2 nitrogen and oxygen atoms in total. The first kappa shape index (κ1) is 13.0. The van der Waals surface area contributed by atoms with Gasteiger partial charge in [0.1, 0.15) is 0 Å². The van der Waals surface area contributed by atoms with Crippen molar-refractivity contribution < 1.29 is 4.74 Å². The number of hydrogen-bond acceptors (Lipinski definition) is 2. The van der Waals surface area contributed by atoms with Crippen LogP contribution < -0.4 is 5.32 Å². The van der Waals surface area contributed by atoms with Crippen LogP contribution in [0.1, 0.15) is 51.9 Å². The molecule has 0 unspecified atom stereocenters. The van der Waals surface area contributed by atoms with Crippen LogP contribution in [0.4, 0.5) is 0 Å². The summed E-state index contributed by atoms with van der Waals surface area (Å²) in [6.07, 6.45) is 9.82. The fourth-order valence-corrected chi connectivity index (χ4v) is 2.30. The highest BCUT2D eigenvalue weighted by Crippen LogP contribution is 2.25. The molecule has 0 amide bonds. The van der Waals surface area contributed by atoms with Gasteiger partial charge in [0.15, 0.2) is 0 Å². The summed E-state index contributed by atoms with van der Waals surface area (Å²) in [5.74, 6) is 1.00. The summed E-state index contributed by atoms with van der Waals surface area (Å²) in [6.45, 7) is 6.13. The molecule has 2 heteroatoms. The molecule has 90 valence electrons. The Kier molecular flexibility index (Phi) is 7.94. The van der Waals surface area contributed by atoms with Gasteiger partial charge in [-0.1, -0.05) is 39.0 Å². The van der Waals surface area contributed by atoms with E-state index in [2.05, 4.69) is 12.2 Å². The Morgan fingerprint density at radius 1 is 1.07 bits per heavy atom. The summed E-state index contributed by atoms with van der Waals surface area (Å²) in [5.41, 5.74) is 0. The summed E-state index contributed by atoms with van der Waals surface area (Å²) in [4.78, 5) is 0. The highest BCUT2D eigenvalue weighted by molar-refractivity contribution is 4.66. The maximum Gasteiger partial charge on any atom is 0.0590 e. The molecule has 1 N–H and O–H groups in total. The Morgan fingerprint density at radius 2 is 1.87 bits per heavy atom. The van der Waals surface area contributed by atoms with Crippen molar-refractivity contribution in [2.75, 3.05) is 26.3 Å². The average molecular weight is 213 g/mol. The molecule has 0 saturated heterocycles. The smallest absolute Gasteiger partial charge is 0.0590 e. The molecular weight excluding hydrogens is 186 g/mol. The Balaban J connectivity index is 1.79. The standard InChI is InChI=1S/C13H27NO/c1-2-11-15-12-10-14-9-8-13-6-4-3-5-7-13/h13-14H,2-12H2,1H3. The normalized spacial score (nSPS) is 18.2. The second-order valence-corrected chi connectivity index (χ2v) is 4.66.